The summed E-state index contributed by atoms with van der Waals surface area (Å²) in [6, 6.07) is 9.50. The average molecular weight is 393 g/mol. The van der Waals surface area contributed by atoms with Gasteiger partial charge < -0.3 is 20.0 Å². The zero-order valence-corrected chi connectivity index (χ0v) is 17.3. The molecule has 2 amide bonds. The maximum absolute atomic E-state index is 13.5. The first-order valence-corrected chi connectivity index (χ1v) is 10.3. The molecule has 5 rings (SSSR count). The molecule has 2 saturated heterocycles. The number of hydrogen-bond acceptors (Lipinski definition) is 4. The van der Waals surface area contributed by atoms with Crippen LogP contribution >= 0.6 is 0 Å². The van der Waals surface area contributed by atoms with Crippen LogP contribution < -0.4 is 10.6 Å². The Bertz CT molecular complexity index is 1020. The van der Waals surface area contributed by atoms with Crippen LogP contribution in [-0.4, -0.2) is 34.5 Å². The maximum atomic E-state index is 13.5. The van der Waals surface area contributed by atoms with Crippen LogP contribution in [-0.2, 0) is 5.41 Å². The van der Waals surface area contributed by atoms with Crippen molar-refractivity contribution in [1.82, 2.24) is 10.2 Å². The molecule has 0 saturated carbocycles. The molecule has 29 heavy (non-hydrogen) atoms. The molecule has 3 aliphatic heterocycles. The lowest BCUT2D eigenvalue weighted by molar-refractivity contribution is 0.0658. The number of anilines is 1. The summed E-state index contributed by atoms with van der Waals surface area (Å²) < 4.78 is 6.03. The van der Waals surface area contributed by atoms with E-state index in [2.05, 4.69) is 31.4 Å². The number of nitrogens with zero attached hydrogens (tertiary/aromatic N) is 1. The number of amides is 2. The van der Waals surface area contributed by atoms with E-state index >= 15 is 0 Å². The number of hydrogen-bond donors (Lipinski definition) is 2. The highest BCUT2D eigenvalue weighted by Crippen LogP contribution is 2.47. The van der Waals surface area contributed by atoms with E-state index in [0.29, 0.717) is 17.7 Å². The van der Waals surface area contributed by atoms with Crippen molar-refractivity contribution >= 4 is 17.5 Å². The molecule has 0 aliphatic carbocycles. The molecule has 1 aromatic carbocycles. The third-order valence-corrected chi connectivity index (χ3v) is 6.58. The highest BCUT2D eigenvalue weighted by atomic mass is 16.4. The number of para-hydroxylation sites is 1. The lowest BCUT2D eigenvalue weighted by atomic mass is 9.86. The van der Waals surface area contributed by atoms with Gasteiger partial charge in [-0.15, -0.1) is 0 Å². The number of carbonyl (C=O) groups is 2. The van der Waals surface area contributed by atoms with Crippen molar-refractivity contribution in [2.45, 2.75) is 70.1 Å². The van der Waals surface area contributed by atoms with Crippen molar-refractivity contribution in [1.29, 1.82) is 0 Å². The largest absolute Gasteiger partial charge is 0.455 e. The highest BCUT2D eigenvalue weighted by molar-refractivity contribution is 6.02. The molecule has 6 nitrogen and oxygen atoms in total. The summed E-state index contributed by atoms with van der Waals surface area (Å²) in [5.74, 6) is 1.09. The zero-order valence-electron chi connectivity index (χ0n) is 17.3. The molecule has 0 radical (unpaired) electrons. The molecular formula is C23H27N3O3. The van der Waals surface area contributed by atoms with E-state index in [9.17, 15) is 9.59 Å². The Labute approximate surface area is 170 Å². The average Bonchev–Trinajstić information content (AvgIpc) is 3.32. The second-order valence-corrected chi connectivity index (χ2v) is 9.63. The highest BCUT2D eigenvalue weighted by Gasteiger charge is 2.60. The predicted molar refractivity (Wildman–Crippen MR) is 110 cm³/mol. The van der Waals surface area contributed by atoms with Gasteiger partial charge in [-0.2, -0.15) is 0 Å². The Morgan fingerprint density at radius 2 is 1.97 bits per heavy atom. The Balaban J connectivity index is 1.48. The van der Waals surface area contributed by atoms with Crippen molar-refractivity contribution < 1.29 is 14.0 Å². The van der Waals surface area contributed by atoms with Gasteiger partial charge in [-0.25, -0.2) is 0 Å². The topological polar surface area (TPSA) is 74.6 Å². The molecule has 3 atom stereocenters. The van der Waals surface area contributed by atoms with Crippen LogP contribution in [0.25, 0.3) is 0 Å². The lowest BCUT2D eigenvalue weighted by Gasteiger charge is -2.42. The van der Waals surface area contributed by atoms with Crippen molar-refractivity contribution in [3.63, 3.8) is 0 Å². The molecule has 1 aromatic heterocycles. The quantitative estimate of drug-likeness (QED) is 0.773. The fraction of sp³-hybridized carbons (Fsp3) is 0.478. The molecule has 2 aromatic rings. The Morgan fingerprint density at radius 1 is 1.21 bits per heavy atom. The molecule has 6 heteroatoms. The van der Waals surface area contributed by atoms with Crippen molar-refractivity contribution in [3.8, 4) is 0 Å². The molecule has 152 valence electrons. The summed E-state index contributed by atoms with van der Waals surface area (Å²) in [5, 5.41) is 6.74. The summed E-state index contributed by atoms with van der Waals surface area (Å²) in [7, 11) is 0. The van der Waals surface area contributed by atoms with Crippen LogP contribution in [0.4, 0.5) is 5.69 Å². The van der Waals surface area contributed by atoms with Gasteiger partial charge in [0.15, 0.2) is 5.76 Å². The van der Waals surface area contributed by atoms with Crippen molar-refractivity contribution in [3.05, 3.63) is 53.0 Å². The van der Waals surface area contributed by atoms with E-state index in [1.54, 1.807) is 0 Å². The standard InChI is InChI=1S/C23H27N3O3/c1-13-11-18(22(2,3)4)29-19(13)21(28)26-14-9-10-17(26)23(12-14)24-16-8-6-5-7-15(16)20(27)25-23/h5-8,11,14,17,24H,9-10,12H2,1-4H3,(H,25,27)/t14-,17+,23-/m0/s1. The number of nitrogens with one attached hydrogen (secondary N) is 2. The van der Waals surface area contributed by atoms with Crippen LogP contribution in [0, 0.1) is 6.92 Å². The fourth-order valence-corrected chi connectivity index (χ4v) is 5.16. The normalized spacial score (nSPS) is 27.7. The summed E-state index contributed by atoms with van der Waals surface area (Å²) in [6.07, 6.45) is 2.51. The second kappa shape index (κ2) is 5.88. The van der Waals surface area contributed by atoms with Crippen molar-refractivity contribution in [2.24, 2.45) is 0 Å². The van der Waals surface area contributed by atoms with Gasteiger partial charge in [0.05, 0.1) is 11.6 Å². The third-order valence-electron chi connectivity index (χ3n) is 6.58. The molecule has 0 unspecified atom stereocenters. The fourth-order valence-electron chi connectivity index (χ4n) is 5.16. The first-order valence-electron chi connectivity index (χ1n) is 10.3. The van der Waals surface area contributed by atoms with Gasteiger partial charge in [0.1, 0.15) is 11.4 Å². The van der Waals surface area contributed by atoms with Gasteiger partial charge in [-0.1, -0.05) is 32.9 Å². The van der Waals surface area contributed by atoms with Gasteiger partial charge in [0, 0.05) is 29.1 Å². The molecular weight excluding hydrogens is 366 g/mol. The van der Waals surface area contributed by atoms with Crippen LogP contribution in [0.1, 0.15) is 72.3 Å². The van der Waals surface area contributed by atoms with Gasteiger partial charge in [-0.3, -0.25) is 9.59 Å². The zero-order chi connectivity index (χ0) is 20.6. The monoisotopic (exact) mass is 393 g/mol. The van der Waals surface area contributed by atoms with E-state index < -0.39 is 5.66 Å². The van der Waals surface area contributed by atoms with Gasteiger partial charge in [-0.05, 0) is 38.0 Å². The van der Waals surface area contributed by atoms with E-state index in [0.717, 1.165) is 29.9 Å². The molecule has 2 bridgehead atoms. The molecule has 2 fully saturated rings. The van der Waals surface area contributed by atoms with Crippen LogP contribution in [0.15, 0.2) is 34.7 Å². The summed E-state index contributed by atoms with van der Waals surface area (Å²) in [6.45, 7) is 8.16. The van der Waals surface area contributed by atoms with Crippen LogP contribution in [0.5, 0.6) is 0 Å². The smallest absolute Gasteiger partial charge is 0.290 e. The minimum absolute atomic E-state index is 0.0720. The number of furan rings is 1. The lowest BCUT2D eigenvalue weighted by Crippen LogP contribution is -2.64. The minimum atomic E-state index is -0.614. The van der Waals surface area contributed by atoms with Crippen molar-refractivity contribution in [2.75, 3.05) is 5.32 Å². The Morgan fingerprint density at radius 3 is 2.69 bits per heavy atom. The first kappa shape index (κ1) is 18.3. The van der Waals surface area contributed by atoms with E-state index in [1.807, 2.05) is 42.2 Å². The summed E-state index contributed by atoms with van der Waals surface area (Å²) >= 11 is 0. The molecule has 2 N–H and O–H groups in total. The number of carbonyl (C=O) groups excluding carboxylic acids is 2. The van der Waals surface area contributed by atoms with Gasteiger partial charge in [0.25, 0.3) is 11.8 Å². The third kappa shape index (κ3) is 2.61. The van der Waals surface area contributed by atoms with Gasteiger partial charge >= 0.3 is 0 Å². The number of fused-ring (bicyclic) bond motifs is 4. The number of rotatable bonds is 1. The molecule has 3 aliphatic rings. The molecule has 1 spiro atoms. The van der Waals surface area contributed by atoms with E-state index in [1.165, 1.54) is 0 Å². The molecule has 4 heterocycles. The number of aryl methyl sites for hydroxylation is 1. The van der Waals surface area contributed by atoms with Gasteiger partial charge in [0.2, 0.25) is 0 Å². The van der Waals surface area contributed by atoms with E-state index in [-0.39, 0.29) is 29.3 Å². The number of benzene rings is 1. The first-order chi connectivity index (χ1) is 13.7. The Hall–Kier alpha value is -2.76. The SMILES string of the molecule is Cc1cc(C(C)(C)C)oc1C(=O)N1[C@H]2CC[C@@H]1[C@]1(C2)NC(=O)c2ccccc2N1. The van der Waals surface area contributed by atoms with Crippen LogP contribution in [0.3, 0.4) is 0 Å². The second-order valence-electron chi connectivity index (χ2n) is 9.63. The summed E-state index contributed by atoms with van der Waals surface area (Å²) in [4.78, 5) is 28.2. The van der Waals surface area contributed by atoms with E-state index in [4.69, 9.17) is 4.42 Å². The predicted octanol–water partition coefficient (Wildman–Crippen LogP) is 3.81. The Kier molecular flexibility index (Phi) is 3.70. The maximum Gasteiger partial charge on any atom is 0.290 e. The summed E-state index contributed by atoms with van der Waals surface area (Å²) in [5.41, 5.74) is 1.58. The minimum Gasteiger partial charge on any atom is -0.455 e. The van der Waals surface area contributed by atoms with Crippen LogP contribution in [0.2, 0.25) is 0 Å².